The molecule has 0 aliphatic rings. The summed E-state index contributed by atoms with van der Waals surface area (Å²) in [5.41, 5.74) is 6.27. The van der Waals surface area contributed by atoms with Gasteiger partial charge in [0.25, 0.3) is 0 Å². The predicted octanol–water partition coefficient (Wildman–Crippen LogP) is 2.28. The maximum absolute atomic E-state index is 5.61. The molecule has 0 aliphatic heterocycles. The molecule has 0 spiro atoms. The Morgan fingerprint density at radius 3 is 2.89 bits per heavy atom. The number of nitrogen functional groups attached to an aromatic ring is 1. The third-order valence-corrected chi connectivity index (χ3v) is 2.91. The fraction of sp³-hybridized carbons (Fsp3) is 0.583. The molecule has 1 heterocycles. The SMILES string of the molecule is COCCOCCCCNc1ncc(N)cc1Br. The lowest BCUT2D eigenvalue weighted by Gasteiger charge is -2.08. The van der Waals surface area contributed by atoms with Crippen molar-refractivity contribution in [3.05, 3.63) is 16.7 Å². The number of anilines is 2. The van der Waals surface area contributed by atoms with Gasteiger partial charge in [0.1, 0.15) is 5.82 Å². The first-order chi connectivity index (χ1) is 8.74. The number of unbranched alkanes of at least 4 members (excludes halogenated alkanes) is 1. The number of nitrogens with one attached hydrogen (secondary N) is 1. The van der Waals surface area contributed by atoms with E-state index in [0.29, 0.717) is 18.9 Å². The van der Waals surface area contributed by atoms with Crippen molar-refractivity contribution in [2.75, 3.05) is 44.5 Å². The minimum atomic E-state index is 0.652. The molecular weight excluding hydrogens is 298 g/mol. The highest BCUT2D eigenvalue weighted by atomic mass is 79.9. The highest BCUT2D eigenvalue weighted by molar-refractivity contribution is 9.10. The van der Waals surface area contributed by atoms with E-state index in [0.717, 1.165) is 36.3 Å². The molecule has 0 bridgehead atoms. The van der Waals surface area contributed by atoms with E-state index in [1.165, 1.54) is 0 Å². The van der Waals surface area contributed by atoms with Gasteiger partial charge in [-0.05, 0) is 34.8 Å². The van der Waals surface area contributed by atoms with E-state index in [1.807, 2.05) is 6.07 Å². The van der Waals surface area contributed by atoms with Crippen LogP contribution >= 0.6 is 15.9 Å². The zero-order chi connectivity index (χ0) is 13.2. The Hall–Kier alpha value is -0.850. The highest BCUT2D eigenvalue weighted by Crippen LogP contribution is 2.21. The van der Waals surface area contributed by atoms with Crippen molar-refractivity contribution < 1.29 is 9.47 Å². The molecule has 18 heavy (non-hydrogen) atoms. The van der Waals surface area contributed by atoms with Crippen LogP contribution < -0.4 is 11.1 Å². The number of nitrogens with zero attached hydrogens (tertiary/aromatic N) is 1. The minimum Gasteiger partial charge on any atom is -0.397 e. The second kappa shape index (κ2) is 9.13. The maximum atomic E-state index is 5.61. The lowest BCUT2D eigenvalue weighted by atomic mass is 10.3. The van der Waals surface area contributed by atoms with Crippen molar-refractivity contribution in [2.24, 2.45) is 0 Å². The molecule has 1 aromatic heterocycles. The highest BCUT2D eigenvalue weighted by Gasteiger charge is 2.00. The zero-order valence-corrected chi connectivity index (χ0v) is 12.2. The van der Waals surface area contributed by atoms with Crippen molar-refractivity contribution in [3.8, 4) is 0 Å². The van der Waals surface area contributed by atoms with Crippen LogP contribution in [0.15, 0.2) is 16.7 Å². The largest absolute Gasteiger partial charge is 0.397 e. The van der Waals surface area contributed by atoms with Crippen molar-refractivity contribution in [2.45, 2.75) is 12.8 Å². The third-order valence-electron chi connectivity index (χ3n) is 2.30. The minimum absolute atomic E-state index is 0.652. The number of aromatic nitrogens is 1. The Labute approximate surface area is 116 Å². The molecule has 0 radical (unpaired) electrons. The number of rotatable bonds is 9. The second-order valence-electron chi connectivity index (χ2n) is 3.84. The van der Waals surface area contributed by atoms with E-state index < -0.39 is 0 Å². The summed E-state index contributed by atoms with van der Waals surface area (Å²) in [5, 5.41) is 3.25. The number of ether oxygens (including phenoxy) is 2. The van der Waals surface area contributed by atoms with Gasteiger partial charge in [-0.15, -0.1) is 0 Å². The summed E-state index contributed by atoms with van der Waals surface area (Å²) in [7, 11) is 1.67. The van der Waals surface area contributed by atoms with E-state index in [1.54, 1.807) is 13.3 Å². The number of hydrogen-bond donors (Lipinski definition) is 2. The summed E-state index contributed by atoms with van der Waals surface area (Å²) >= 11 is 3.41. The van der Waals surface area contributed by atoms with Gasteiger partial charge in [-0.2, -0.15) is 0 Å². The van der Waals surface area contributed by atoms with E-state index in [4.69, 9.17) is 15.2 Å². The molecule has 0 aliphatic carbocycles. The van der Waals surface area contributed by atoms with Crippen molar-refractivity contribution in [1.82, 2.24) is 4.98 Å². The quantitative estimate of drug-likeness (QED) is 0.684. The topological polar surface area (TPSA) is 69.4 Å². The molecule has 1 rings (SSSR count). The Bertz CT molecular complexity index is 350. The summed E-state index contributed by atoms with van der Waals surface area (Å²) in [6.45, 7) is 2.94. The third kappa shape index (κ3) is 6.18. The summed E-state index contributed by atoms with van der Waals surface area (Å²) in [5.74, 6) is 0.824. The van der Waals surface area contributed by atoms with Crippen LogP contribution in [-0.4, -0.2) is 38.5 Å². The first-order valence-corrected chi connectivity index (χ1v) is 6.75. The molecule has 5 nitrogen and oxygen atoms in total. The van der Waals surface area contributed by atoms with Gasteiger partial charge in [0, 0.05) is 20.3 Å². The lowest BCUT2D eigenvalue weighted by Crippen LogP contribution is -2.07. The van der Waals surface area contributed by atoms with Crippen LogP contribution in [0.4, 0.5) is 11.5 Å². The maximum Gasteiger partial charge on any atom is 0.140 e. The molecule has 0 fully saturated rings. The van der Waals surface area contributed by atoms with Gasteiger partial charge in [0.2, 0.25) is 0 Å². The zero-order valence-electron chi connectivity index (χ0n) is 10.6. The lowest BCUT2D eigenvalue weighted by molar-refractivity contribution is 0.0691. The summed E-state index contributed by atoms with van der Waals surface area (Å²) in [4.78, 5) is 4.21. The van der Waals surface area contributed by atoms with Crippen molar-refractivity contribution >= 4 is 27.4 Å². The van der Waals surface area contributed by atoms with Crippen LogP contribution in [0.2, 0.25) is 0 Å². The molecule has 0 saturated carbocycles. The average molecular weight is 318 g/mol. The molecule has 0 atom stereocenters. The first kappa shape index (κ1) is 15.2. The van der Waals surface area contributed by atoms with Crippen LogP contribution in [0.1, 0.15) is 12.8 Å². The molecule has 6 heteroatoms. The normalized spacial score (nSPS) is 10.6. The average Bonchev–Trinajstić information content (AvgIpc) is 2.35. The molecule has 0 amide bonds. The summed E-state index contributed by atoms with van der Waals surface area (Å²) in [6, 6.07) is 1.84. The molecule has 1 aromatic rings. The van der Waals surface area contributed by atoms with Crippen LogP contribution in [0, 0.1) is 0 Å². The Morgan fingerprint density at radius 2 is 2.17 bits per heavy atom. The van der Waals surface area contributed by atoms with Gasteiger partial charge in [0.15, 0.2) is 0 Å². The van der Waals surface area contributed by atoms with Gasteiger partial charge in [-0.3, -0.25) is 0 Å². The smallest absolute Gasteiger partial charge is 0.140 e. The number of methoxy groups -OCH3 is 1. The standard InChI is InChI=1S/C12H20BrN3O2/c1-17-6-7-18-5-3-2-4-15-12-11(13)8-10(14)9-16-12/h8-9H,2-7,14H2,1H3,(H,15,16). The van der Waals surface area contributed by atoms with Gasteiger partial charge in [0.05, 0.1) is 29.6 Å². The van der Waals surface area contributed by atoms with Gasteiger partial charge >= 0.3 is 0 Å². The Kier molecular flexibility index (Phi) is 7.71. The Balaban J connectivity index is 2.07. The fourth-order valence-electron chi connectivity index (χ4n) is 1.36. The van der Waals surface area contributed by atoms with Gasteiger partial charge in [-0.25, -0.2) is 4.98 Å². The number of halogens is 1. The molecule has 0 unspecified atom stereocenters. The van der Waals surface area contributed by atoms with E-state index in [-0.39, 0.29) is 0 Å². The predicted molar refractivity (Wildman–Crippen MR) is 76.8 cm³/mol. The van der Waals surface area contributed by atoms with Crippen molar-refractivity contribution in [3.63, 3.8) is 0 Å². The van der Waals surface area contributed by atoms with E-state index in [2.05, 4.69) is 26.2 Å². The summed E-state index contributed by atoms with van der Waals surface area (Å²) < 4.78 is 11.1. The van der Waals surface area contributed by atoms with Crippen LogP contribution in [0.3, 0.4) is 0 Å². The van der Waals surface area contributed by atoms with Crippen molar-refractivity contribution in [1.29, 1.82) is 0 Å². The second-order valence-corrected chi connectivity index (χ2v) is 4.69. The first-order valence-electron chi connectivity index (χ1n) is 5.95. The molecule has 102 valence electrons. The van der Waals surface area contributed by atoms with E-state index in [9.17, 15) is 0 Å². The number of hydrogen-bond acceptors (Lipinski definition) is 5. The van der Waals surface area contributed by atoms with Crippen LogP contribution in [-0.2, 0) is 9.47 Å². The Morgan fingerprint density at radius 1 is 1.33 bits per heavy atom. The number of nitrogens with two attached hydrogens (primary N) is 1. The molecular formula is C12H20BrN3O2. The fourth-order valence-corrected chi connectivity index (χ4v) is 1.87. The molecule has 0 aromatic carbocycles. The molecule has 3 N–H and O–H groups in total. The van der Waals surface area contributed by atoms with E-state index >= 15 is 0 Å². The van der Waals surface area contributed by atoms with Crippen LogP contribution in [0.5, 0.6) is 0 Å². The van der Waals surface area contributed by atoms with Gasteiger partial charge in [-0.1, -0.05) is 0 Å². The number of pyridine rings is 1. The monoisotopic (exact) mass is 317 g/mol. The van der Waals surface area contributed by atoms with Crippen LogP contribution in [0.25, 0.3) is 0 Å². The molecule has 0 saturated heterocycles. The summed E-state index contributed by atoms with van der Waals surface area (Å²) in [6.07, 6.45) is 3.69. The van der Waals surface area contributed by atoms with Gasteiger partial charge < -0.3 is 20.5 Å².